The molecule has 0 radical (unpaired) electrons. The lowest BCUT2D eigenvalue weighted by Crippen LogP contribution is -2.27. The standard InChI is InChI=1S/C12H19NO2/c1-12(2,3)15-11(8-13)9-4-6-10(14)7-5-9/h4-7,11,14H,8,13H2,1-3H3. The first-order valence-electron chi connectivity index (χ1n) is 5.09. The van der Waals surface area contributed by atoms with Crippen LogP contribution in [-0.4, -0.2) is 17.3 Å². The Morgan fingerprint density at radius 1 is 1.27 bits per heavy atom. The second kappa shape index (κ2) is 4.64. The van der Waals surface area contributed by atoms with Crippen LogP contribution in [-0.2, 0) is 4.74 Å². The van der Waals surface area contributed by atoms with E-state index in [4.69, 9.17) is 10.5 Å². The Hall–Kier alpha value is -1.06. The molecule has 0 aliphatic rings. The van der Waals surface area contributed by atoms with Crippen LogP contribution in [0.25, 0.3) is 0 Å². The van der Waals surface area contributed by atoms with E-state index in [0.717, 1.165) is 5.56 Å². The third-order valence-electron chi connectivity index (χ3n) is 1.97. The molecule has 0 spiro atoms. The number of hydrogen-bond donors (Lipinski definition) is 2. The van der Waals surface area contributed by atoms with Gasteiger partial charge in [-0.05, 0) is 38.5 Å². The average Bonchev–Trinajstić information content (AvgIpc) is 2.14. The van der Waals surface area contributed by atoms with E-state index in [1.165, 1.54) is 0 Å². The maximum atomic E-state index is 9.17. The summed E-state index contributed by atoms with van der Waals surface area (Å²) in [7, 11) is 0. The summed E-state index contributed by atoms with van der Waals surface area (Å²) >= 11 is 0. The van der Waals surface area contributed by atoms with E-state index < -0.39 is 0 Å². The molecule has 3 N–H and O–H groups in total. The zero-order chi connectivity index (χ0) is 11.5. The van der Waals surface area contributed by atoms with Gasteiger partial charge < -0.3 is 15.6 Å². The van der Waals surface area contributed by atoms with Gasteiger partial charge in [-0.1, -0.05) is 12.1 Å². The molecule has 0 fully saturated rings. The van der Waals surface area contributed by atoms with Crippen molar-refractivity contribution in [2.75, 3.05) is 6.54 Å². The van der Waals surface area contributed by atoms with Crippen molar-refractivity contribution in [3.05, 3.63) is 29.8 Å². The van der Waals surface area contributed by atoms with Crippen molar-refractivity contribution >= 4 is 0 Å². The molecule has 0 saturated carbocycles. The van der Waals surface area contributed by atoms with Crippen LogP contribution in [0, 0.1) is 0 Å². The van der Waals surface area contributed by atoms with Gasteiger partial charge in [0, 0.05) is 6.54 Å². The minimum Gasteiger partial charge on any atom is -0.508 e. The summed E-state index contributed by atoms with van der Waals surface area (Å²) in [4.78, 5) is 0. The van der Waals surface area contributed by atoms with Crippen molar-refractivity contribution in [3.8, 4) is 5.75 Å². The van der Waals surface area contributed by atoms with Crippen LogP contribution in [0.1, 0.15) is 32.4 Å². The average molecular weight is 209 g/mol. The van der Waals surface area contributed by atoms with Gasteiger partial charge in [0.1, 0.15) is 5.75 Å². The van der Waals surface area contributed by atoms with E-state index in [0.29, 0.717) is 6.54 Å². The Bertz CT molecular complexity index is 300. The minimum absolute atomic E-state index is 0.120. The predicted octanol–water partition coefficient (Wildman–Crippen LogP) is 2.21. The number of hydrogen-bond acceptors (Lipinski definition) is 3. The third-order valence-corrected chi connectivity index (χ3v) is 1.97. The second-order valence-electron chi connectivity index (χ2n) is 4.55. The lowest BCUT2D eigenvalue weighted by molar-refractivity contribution is -0.0572. The molecule has 1 unspecified atom stereocenters. The first kappa shape index (κ1) is 12.0. The quantitative estimate of drug-likeness (QED) is 0.802. The molecule has 15 heavy (non-hydrogen) atoms. The normalized spacial score (nSPS) is 13.9. The molecule has 1 rings (SSSR count). The number of phenolic OH excluding ortho intramolecular Hbond substituents is 1. The van der Waals surface area contributed by atoms with Crippen LogP contribution in [0.4, 0.5) is 0 Å². The molecule has 0 aliphatic heterocycles. The smallest absolute Gasteiger partial charge is 0.115 e. The van der Waals surface area contributed by atoms with Gasteiger partial charge in [0.05, 0.1) is 11.7 Å². The van der Waals surface area contributed by atoms with Gasteiger partial charge in [-0.25, -0.2) is 0 Å². The van der Waals surface area contributed by atoms with Gasteiger partial charge in [-0.15, -0.1) is 0 Å². The van der Waals surface area contributed by atoms with Crippen molar-refractivity contribution in [1.29, 1.82) is 0 Å². The number of benzene rings is 1. The fourth-order valence-electron chi connectivity index (χ4n) is 1.37. The molecule has 0 heterocycles. The highest BCUT2D eigenvalue weighted by Crippen LogP contribution is 2.24. The number of phenols is 1. The maximum Gasteiger partial charge on any atom is 0.115 e. The lowest BCUT2D eigenvalue weighted by atomic mass is 10.1. The molecular formula is C12H19NO2. The SMILES string of the molecule is CC(C)(C)OC(CN)c1ccc(O)cc1. The van der Waals surface area contributed by atoms with Crippen molar-refractivity contribution in [3.63, 3.8) is 0 Å². The minimum atomic E-state index is -0.220. The van der Waals surface area contributed by atoms with Gasteiger partial charge in [0.2, 0.25) is 0 Å². The summed E-state index contributed by atoms with van der Waals surface area (Å²) in [6, 6.07) is 6.95. The van der Waals surface area contributed by atoms with Gasteiger partial charge in [-0.2, -0.15) is 0 Å². The van der Waals surface area contributed by atoms with Crippen LogP contribution in [0.2, 0.25) is 0 Å². The lowest BCUT2D eigenvalue weighted by Gasteiger charge is -2.27. The van der Waals surface area contributed by atoms with E-state index in [9.17, 15) is 5.11 Å². The van der Waals surface area contributed by atoms with Gasteiger partial charge >= 0.3 is 0 Å². The van der Waals surface area contributed by atoms with Crippen LogP contribution in [0.5, 0.6) is 5.75 Å². The van der Waals surface area contributed by atoms with Crippen molar-refractivity contribution in [2.24, 2.45) is 5.73 Å². The predicted molar refractivity (Wildman–Crippen MR) is 60.7 cm³/mol. The summed E-state index contributed by atoms with van der Waals surface area (Å²) < 4.78 is 5.81. The highest BCUT2D eigenvalue weighted by atomic mass is 16.5. The van der Waals surface area contributed by atoms with E-state index >= 15 is 0 Å². The second-order valence-corrected chi connectivity index (χ2v) is 4.55. The number of rotatable bonds is 3. The van der Waals surface area contributed by atoms with Gasteiger partial charge in [-0.3, -0.25) is 0 Å². The van der Waals surface area contributed by atoms with Crippen molar-refractivity contribution in [2.45, 2.75) is 32.5 Å². The van der Waals surface area contributed by atoms with Gasteiger partial charge in [0.25, 0.3) is 0 Å². The molecule has 1 aromatic rings. The van der Waals surface area contributed by atoms with E-state index in [2.05, 4.69) is 0 Å². The van der Waals surface area contributed by atoms with Crippen LogP contribution in [0.15, 0.2) is 24.3 Å². The highest BCUT2D eigenvalue weighted by molar-refractivity contribution is 5.27. The Morgan fingerprint density at radius 2 is 1.80 bits per heavy atom. The highest BCUT2D eigenvalue weighted by Gasteiger charge is 2.18. The molecular weight excluding hydrogens is 190 g/mol. The summed E-state index contributed by atoms with van der Waals surface area (Å²) in [5.41, 5.74) is 6.43. The molecule has 1 aromatic carbocycles. The number of aromatic hydroxyl groups is 1. The van der Waals surface area contributed by atoms with Crippen molar-refractivity contribution in [1.82, 2.24) is 0 Å². The Labute approximate surface area is 90.9 Å². The zero-order valence-electron chi connectivity index (χ0n) is 9.53. The number of ether oxygens (including phenoxy) is 1. The Morgan fingerprint density at radius 3 is 2.20 bits per heavy atom. The molecule has 1 atom stereocenters. The van der Waals surface area contributed by atoms with E-state index in [1.807, 2.05) is 32.9 Å². The first-order valence-corrected chi connectivity index (χ1v) is 5.09. The molecule has 0 saturated heterocycles. The molecule has 0 amide bonds. The van der Waals surface area contributed by atoms with Crippen molar-refractivity contribution < 1.29 is 9.84 Å². The molecule has 0 aliphatic carbocycles. The molecule has 0 bridgehead atoms. The Kier molecular flexibility index (Phi) is 3.72. The summed E-state index contributed by atoms with van der Waals surface area (Å²) in [6.45, 7) is 6.42. The number of nitrogens with two attached hydrogens (primary N) is 1. The fourth-order valence-corrected chi connectivity index (χ4v) is 1.37. The zero-order valence-corrected chi connectivity index (χ0v) is 9.53. The van der Waals surface area contributed by atoms with E-state index in [1.54, 1.807) is 12.1 Å². The van der Waals surface area contributed by atoms with Crippen LogP contribution in [0.3, 0.4) is 0 Å². The topological polar surface area (TPSA) is 55.5 Å². The summed E-state index contributed by atoms with van der Waals surface area (Å²) in [5.74, 6) is 0.255. The Balaban J connectivity index is 2.79. The monoisotopic (exact) mass is 209 g/mol. The summed E-state index contributed by atoms with van der Waals surface area (Å²) in [6.07, 6.45) is -0.120. The third kappa shape index (κ3) is 3.90. The molecule has 0 aromatic heterocycles. The molecule has 84 valence electrons. The fraction of sp³-hybridized carbons (Fsp3) is 0.500. The first-order chi connectivity index (χ1) is 6.92. The molecule has 3 heteroatoms. The van der Waals surface area contributed by atoms with Crippen LogP contribution < -0.4 is 5.73 Å². The largest absolute Gasteiger partial charge is 0.508 e. The van der Waals surface area contributed by atoms with E-state index in [-0.39, 0.29) is 17.5 Å². The summed E-state index contributed by atoms with van der Waals surface area (Å²) in [5, 5.41) is 9.17. The maximum absolute atomic E-state index is 9.17. The molecule has 3 nitrogen and oxygen atoms in total. The van der Waals surface area contributed by atoms with Gasteiger partial charge in [0.15, 0.2) is 0 Å². The van der Waals surface area contributed by atoms with Crippen LogP contribution >= 0.6 is 0 Å².